The Morgan fingerprint density at radius 2 is 2.03 bits per heavy atom. The molecule has 1 fully saturated rings. The molecule has 168 valence electrons. The average molecular weight is 433 g/mol. The molecule has 6 nitrogen and oxygen atoms in total. The van der Waals surface area contributed by atoms with Crippen LogP contribution in [-0.4, -0.2) is 42.5 Å². The number of carbonyl (C=O) groups is 1. The minimum atomic E-state index is 0.0208. The van der Waals surface area contributed by atoms with Gasteiger partial charge in [0.05, 0.1) is 12.6 Å². The number of ether oxygens (including phenoxy) is 1. The maximum atomic E-state index is 11.7. The van der Waals surface area contributed by atoms with E-state index in [1.165, 1.54) is 11.3 Å². The zero-order chi connectivity index (χ0) is 22.5. The Balaban J connectivity index is 1.48. The Bertz CT molecular complexity index is 983. The van der Waals surface area contributed by atoms with Gasteiger partial charge in [0, 0.05) is 55.9 Å². The molecular weight excluding hydrogens is 400 g/mol. The van der Waals surface area contributed by atoms with Crippen LogP contribution in [0.1, 0.15) is 43.0 Å². The van der Waals surface area contributed by atoms with Gasteiger partial charge in [-0.05, 0) is 50.5 Å². The van der Waals surface area contributed by atoms with Gasteiger partial charge in [-0.15, -0.1) is 0 Å². The lowest BCUT2D eigenvalue weighted by atomic mass is 10.0. The highest BCUT2D eigenvalue weighted by Gasteiger charge is 2.38. The second-order valence-electron chi connectivity index (χ2n) is 8.62. The maximum Gasteiger partial charge on any atom is 0.222 e. The molecule has 2 aromatic rings. The van der Waals surface area contributed by atoms with Crippen molar-refractivity contribution in [2.24, 2.45) is 0 Å². The van der Waals surface area contributed by atoms with Crippen molar-refractivity contribution in [2.45, 2.75) is 44.8 Å². The van der Waals surface area contributed by atoms with Crippen molar-refractivity contribution in [3.63, 3.8) is 0 Å². The number of hydrogen-bond acceptors (Lipinski definition) is 5. The van der Waals surface area contributed by atoms with Crippen LogP contribution < -0.4 is 10.2 Å². The van der Waals surface area contributed by atoms with Crippen LogP contribution in [0.2, 0.25) is 0 Å². The normalized spacial score (nSPS) is 19.8. The van der Waals surface area contributed by atoms with Crippen LogP contribution in [0, 0.1) is 6.92 Å². The van der Waals surface area contributed by atoms with E-state index in [9.17, 15) is 4.79 Å². The second kappa shape index (κ2) is 10.0. The largest absolute Gasteiger partial charge is 0.494 e. The standard InChI is InChI=1S/C26H32N4O2/c1-19-9-11-21(12-10-19)30-24-17-22(32-16-5-4-8-25(31)29(2)3)13-14-23(24)28-26(30)20-7-6-15-27-18-20/h6-7,9-13,15,17-18,23,26,28H,4-5,8,14,16H2,1-3H3. The fraction of sp³-hybridized carbons (Fsp3) is 0.385. The molecule has 0 bridgehead atoms. The zero-order valence-electron chi connectivity index (χ0n) is 19.1. The number of aryl methyl sites for hydroxylation is 1. The number of allylic oxidation sites excluding steroid dienone is 1. The molecule has 2 unspecified atom stereocenters. The zero-order valence-corrected chi connectivity index (χ0v) is 19.1. The molecule has 1 aromatic carbocycles. The highest BCUT2D eigenvalue weighted by atomic mass is 16.5. The molecule has 1 saturated heterocycles. The summed E-state index contributed by atoms with van der Waals surface area (Å²) in [6.45, 7) is 2.72. The van der Waals surface area contributed by atoms with E-state index in [2.05, 4.69) is 64.6 Å². The molecule has 4 rings (SSSR count). The smallest absolute Gasteiger partial charge is 0.222 e. The van der Waals surface area contributed by atoms with Crippen molar-refractivity contribution in [3.05, 3.63) is 83.5 Å². The molecule has 2 aliphatic rings. The molecule has 1 aliphatic carbocycles. The summed E-state index contributed by atoms with van der Waals surface area (Å²) in [6, 6.07) is 13.0. The van der Waals surface area contributed by atoms with E-state index in [-0.39, 0.29) is 18.1 Å². The first-order chi connectivity index (χ1) is 15.5. The molecule has 6 heteroatoms. The number of hydrogen-bond donors (Lipinski definition) is 1. The summed E-state index contributed by atoms with van der Waals surface area (Å²) in [5.74, 6) is 1.07. The lowest BCUT2D eigenvalue weighted by molar-refractivity contribution is -0.128. The van der Waals surface area contributed by atoms with Gasteiger partial charge in [0.2, 0.25) is 5.91 Å². The van der Waals surface area contributed by atoms with Crippen LogP contribution in [0.4, 0.5) is 5.69 Å². The molecule has 1 aliphatic heterocycles. The van der Waals surface area contributed by atoms with E-state index in [4.69, 9.17) is 4.74 Å². The Labute approximate surface area is 190 Å². The van der Waals surface area contributed by atoms with E-state index < -0.39 is 0 Å². The number of rotatable bonds is 8. The Morgan fingerprint density at radius 3 is 2.75 bits per heavy atom. The quantitative estimate of drug-likeness (QED) is 0.630. The molecular formula is C26H32N4O2. The van der Waals surface area contributed by atoms with Gasteiger partial charge in [0.25, 0.3) is 0 Å². The van der Waals surface area contributed by atoms with Crippen molar-refractivity contribution in [3.8, 4) is 0 Å². The van der Waals surface area contributed by atoms with E-state index in [1.54, 1.807) is 25.2 Å². The number of fused-ring (bicyclic) bond motifs is 1. The Kier molecular flexibility index (Phi) is 6.90. The monoisotopic (exact) mass is 432 g/mol. The molecule has 1 aromatic heterocycles. The minimum absolute atomic E-state index is 0.0208. The van der Waals surface area contributed by atoms with Gasteiger partial charge in [-0.3, -0.25) is 15.1 Å². The first kappa shape index (κ1) is 22.1. The van der Waals surface area contributed by atoms with Crippen LogP contribution in [0.25, 0.3) is 0 Å². The number of amides is 1. The van der Waals surface area contributed by atoms with E-state index >= 15 is 0 Å². The van der Waals surface area contributed by atoms with Gasteiger partial charge in [-0.25, -0.2) is 0 Å². The number of nitrogens with one attached hydrogen (secondary N) is 1. The summed E-state index contributed by atoms with van der Waals surface area (Å²) < 4.78 is 6.07. The van der Waals surface area contributed by atoms with E-state index in [1.807, 2.05) is 12.3 Å². The first-order valence-corrected chi connectivity index (χ1v) is 11.3. The predicted octanol–water partition coefficient (Wildman–Crippen LogP) is 4.31. The second-order valence-corrected chi connectivity index (χ2v) is 8.62. The Morgan fingerprint density at radius 1 is 1.22 bits per heavy atom. The summed E-state index contributed by atoms with van der Waals surface area (Å²) in [5.41, 5.74) is 4.73. The summed E-state index contributed by atoms with van der Waals surface area (Å²) in [7, 11) is 3.59. The van der Waals surface area contributed by atoms with Gasteiger partial charge < -0.3 is 14.5 Å². The molecule has 0 radical (unpaired) electrons. The lowest BCUT2D eigenvalue weighted by Crippen LogP contribution is -2.27. The van der Waals surface area contributed by atoms with Crippen molar-refractivity contribution in [2.75, 3.05) is 25.6 Å². The van der Waals surface area contributed by atoms with Crippen molar-refractivity contribution in [1.29, 1.82) is 0 Å². The predicted molar refractivity (Wildman–Crippen MR) is 127 cm³/mol. The number of carbonyl (C=O) groups excluding carboxylic acids is 1. The molecule has 32 heavy (non-hydrogen) atoms. The molecule has 1 amide bonds. The highest BCUT2D eigenvalue weighted by Crippen LogP contribution is 2.39. The minimum Gasteiger partial charge on any atom is -0.494 e. The van der Waals surface area contributed by atoms with Crippen molar-refractivity contribution >= 4 is 11.6 Å². The third-order valence-corrected chi connectivity index (χ3v) is 5.96. The lowest BCUT2D eigenvalue weighted by Gasteiger charge is -2.28. The maximum absolute atomic E-state index is 11.7. The number of aromatic nitrogens is 1. The summed E-state index contributed by atoms with van der Waals surface area (Å²) in [4.78, 5) is 20.0. The SMILES string of the molecule is Cc1ccc(N2C3=CC(OCCCCC(=O)N(C)C)=CCC3NC2c2cccnc2)cc1. The average Bonchev–Trinajstić information content (AvgIpc) is 3.18. The van der Waals surface area contributed by atoms with Gasteiger partial charge in [0.1, 0.15) is 11.9 Å². The number of nitrogens with zero attached hydrogens (tertiary/aromatic N) is 3. The molecule has 0 saturated carbocycles. The summed E-state index contributed by atoms with van der Waals surface area (Å²) >= 11 is 0. The highest BCUT2D eigenvalue weighted by molar-refractivity contribution is 5.75. The van der Waals surface area contributed by atoms with Crippen molar-refractivity contribution in [1.82, 2.24) is 15.2 Å². The van der Waals surface area contributed by atoms with Crippen LogP contribution >= 0.6 is 0 Å². The van der Waals surface area contributed by atoms with E-state index in [0.29, 0.717) is 13.0 Å². The van der Waals surface area contributed by atoms with Gasteiger partial charge in [0.15, 0.2) is 0 Å². The topological polar surface area (TPSA) is 57.7 Å². The van der Waals surface area contributed by atoms with Crippen molar-refractivity contribution < 1.29 is 9.53 Å². The third kappa shape index (κ3) is 5.02. The number of unbranched alkanes of at least 4 members (excludes halogenated alkanes) is 1. The third-order valence-electron chi connectivity index (χ3n) is 5.96. The van der Waals surface area contributed by atoms with Crippen LogP contribution in [0.15, 0.2) is 72.4 Å². The van der Waals surface area contributed by atoms with Crippen LogP contribution in [0.3, 0.4) is 0 Å². The summed E-state index contributed by atoms with van der Waals surface area (Å²) in [6.07, 6.45) is 11.2. The Hall–Kier alpha value is -3.12. The fourth-order valence-corrected chi connectivity index (χ4v) is 4.14. The van der Waals surface area contributed by atoms with Gasteiger partial charge in [-0.1, -0.05) is 23.8 Å². The number of benzene rings is 1. The molecule has 2 heterocycles. The van der Waals surface area contributed by atoms with Crippen LogP contribution in [0.5, 0.6) is 0 Å². The molecule has 0 spiro atoms. The number of anilines is 1. The summed E-state index contributed by atoms with van der Waals surface area (Å²) in [5, 5.41) is 3.77. The van der Waals surface area contributed by atoms with Crippen LogP contribution in [-0.2, 0) is 9.53 Å². The first-order valence-electron chi connectivity index (χ1n) is 11.3. The van der Waals surface area contributed by atoms with Gasteiger partial charge in [-0.2, -0.15) is 0 Å². The molecule has 2 atom stereocenters. The number of pyridine rings is 1. The fourth-order valence-electron chi connectivity index (χ4n) is 4.14. The van der Waals surface area contributed by atoms with Gasteiger partial charge >= 0.3 is 0 Å². The molecule has 1 N–H and O–H groups in total. The van der Waals surface area contributed by atoms with E-state index in [0.717, 1.165) is 36.3 Å².